The Bertz CT molecular complexity index is 825. The molecule has 0 saturated carbocycles. The minimum Gasteiger partial charge on any atom is -0.492 e. The molecule has 0 unspecified atom stereocenters. The first kappa shape index (κ1) is 17.4. The smallest absolute Gasteiger partial charge is 0.270 e. The quantitative estimate of drug-likeness (QED) is 0.612. The summed E-state index contributed by atoms with van der Waals surface area (Å²) in [6, 6.07) is 18.7. The van der Waals surface area contributed by atoms with Crippen molar-refractivity contribution in [2.45, 2.75) is 6.54 Å². The zero-order valence-corrected chi connectivity index (χ0v) is 14.3. The number of carbonyl (C=O) groups excluding carboxylic acids is 1. The average Bonchev–Trinajstić information content (AvgIpc) is 2.71. The van der Waals surface area contributed by atoms with Gasteiger partial charge in [0.05, 0.1) is 6.54 Å². The number of ether oxygens (including phenoxy) is 1. The SMILES string of the molecule is O=C(NCCOc1ccccc1)c1cccc(NCc2cccnc2)n1. The fourth-order valence-electron chi connectivity index (χ4n) is 2.30. The molecule has 0 aliphatic rings. The van der Waals surface area contributed by atoms with E-state index in [-0.39, 0.29) is 5.91 Å². The van der Waals surface area contributed by atoms with Crippen molar-refractivity contribution in [3.8, 4) is 5.75 Å². The van der Waals surface area contributed by atoms with Crippen molar-refractivity contribution in [3.63, 3.8) is 0 Å². The van der Waals surface area contributed by atoms with Gasteiger partial charge in [0.15, 0.2) is 0 Å². The Balaban J connectivity index is 1.46. The van der Waals surface area contributed by atoms with E-state index in [1.807, 2.05) is 48.5 Å². The van der Waals surface area contributed by atoms with E-state index >= 15 is 0 Å². The number of nitrogens with one attached hydrogen (secondary N) is 2. The molecule has 0 bridgehead atoms. The van der Waals surface area contributed by atoms with Crippen LogP contribution in [0.1, 0.15) is 16.1 Å². The van der Waals surface area contributed by atoms with Gasteiger partial charge in [-0.25, -0.2) is 4.98 Å². The highest BCUT2D eigenvalue weighted by molar-refractivity contribution is 5.92. The molecule has 3 rings (SSSR count). The second-order valence-electron chi connectivity index (χ2n) is 5.54. The Morgan fingerprint density at radius 3 is 2.69 bits per heavy atom. The van der Waals surface area contributed by atoms with Crippen molar-refractivity contribution < 1.29 is 9.53 Å². The summed E-state index contributed by atoms with van der Waals surface area (Å²) in [6.07, 6.45) is 3.52. The molecule has 132 valence electrons. The van der Waals surface area contributed by atoms with Crippen LogP contribution in [0.3, 0.4) is 0 Å². The van der Waals surface area contributed by atoms with Gasteiger partial charge in [-0.1, -0.05) is 30.3 Å². The molecule has 6 nitrogen and oxygen atoms in total. The molecule has 0 atom stereocenters. The summed E-state index contributed by atoms with van der Waals surface area (Å²) in [7, 11) is 0. The van der Waals surface area contributed by atoms with Crippen LogP contribution < -0.4 is 15.4 Å². The largest absolute Gasteiger partial charge is 0.492 e. The summed E-state index contributed by atoms with van der Waals surface area (Å²) in [5, 5.41) is 6.00. The second kappa shape index (κ2) is 9.17. The summed E-state index contributed by atoms with van der Waals surface area (Å²) in [5.74, 6) is 1.19. The van der Waals surface area contributed by atoms with E-state index in [0.717, 1.165) is 11.3 Å². The lowest BCUT2D eigenvalue weighted by molar-refractivity contribution is 0.0942. The van der Waals surface area contributed by atoms with E-state index in [4.69, 9.17) is 4.74 Å². The Morgan fingerprint density at radius 2 is 1.88 bits per heavy atom. The molecule has 26 heavy (non-hydrogen) atoms. The lowest BCUT2D eigenvalue weighted by Crippen LogP contribution is -2.28. The molecule has 0 spiro atoms. The van der Waals surface area contributed by atoms with Gasteiger partial charge < -0.3 is 15.4 Å². The highest BCUT2D eigenvalue weighted by Crippen LogP contribution is 2.08. The molecule has 0 aliphatic heterocycles. The van der Waals surface area contributed by atoms with Crippen LogP contribution >= 0.6 is 0 Å². The molecular formula is C20H20N4O2. The molecule has 2 aromatic heterocycles. The van der Waals surface area contributed by atoms with Gasteiger partial charge in [-0.15, -0.1) is 0 Å². The van der Waals surface area contributed by atoms with Crippen molar-refractivity contribution in [3.05, 3.63) is 84.3 Å². The van der Waals surface area contributed by atoms with Gasteiger partial charge in [-0.3, -0.25) is 9.78 Å². The minimum absolute atomic E-state index is 0.230. The Kier molecular flexibility index (Phi) is 6.14. The zero-order valence-electron chi connectivity index (χ0n) is 14.3. The third-order valence-corrected chi connectivity index (χ3v) is 3.58. The Morgan fingerprint density at radius 1 is 1.00 bits per heavy atom. The normalized spacial score (nSPS) is 10.2. The lowest BCUT2D eigenvalue weighted by atomic mass is 10.3. The number of nitrogens with zero attached hydrogens (tertiary/aromatic N) is 2. The van der Waals surface area contributed by atoms with Crippen molar-refractivity contribution >= 4 is 11.7 Å². The highest BCUT2D eigenvalue weighted by atomic mass is 16.5. The predicted octanol–water partition coefficient (Wildman–Crippen LogP) is 2.90. The summed E-state index contributed by atoms with van der Waals surface area (Å²) in [6.45, 7) is 1.40. The molecule has 1 aromatic carbocycles. The first-order valence-corrected chi connectivity index (χ1v) is 8.37. The number of carbonyl (C=O) groups is 1. The number of rotatable bonds is 8. The van der Waals surface area contributed by atoms with E-state index in [2.05, 4.69) is 20.6 Å². The molecule has 0 aliphatic carbocycles. The molecule has 0 radical (unpaired) electrons. The fraction of sp³-hybridized carbons (Fsp3) is 0.150. The van der Waals surface area contributed by atoms with E-state index in [9.17, 15) is 4.79 Å². The molecule has 3 aromatic rings. The molecular weight excluding hydrogens is 328 g/mol. The summed E-state index contributed by atoms with van der Waals surface area (Å²) >= 11 is 0. The highest BCUT2D eigenvalue weighted by Gasteiger charge is 2.07. The summed E-state index contributed by atoms with van der Waals surface area (Å²) in [4.78, 5) is 20.6. The standard InChI is InChI=1S/C20H20N4O2/c25-20(22-12-13-26-17-7-2-1-3-8-17)18-9-4-10-19(24-18)23-15-16-6-5-11-21-14-16/h1-11,14H,12-13,15H2,(H,22,25)(H,23,24). The van der Waals surface area contributed by atoms with E-state index in [1.54, 1.807) is 24.5 Å². The maximum atomic E-state index is 12.2. The third kappa shape index (κ3) is 5.31. The van der Waals surface area contributed by atoms with Crippen LogP contribution in [0.2, 0.25) is 0 Å². The van der Waals surface area contributed by atoms with Crippen molar-refractivity contribution in [1.82, 2.24) is 15.3 Å². The van der Waals surface area contributed by atoms with Crippen molar-refractivity contribution in [1.29, 1.82) is 0 Å². The van der Waals surface area contributed by atoms with Gasteiger partial charge in [0.1, 0.15) is 23.9 Å². The lowest BCUT2D eigenvalue weighted by Gasteiger charge is -2.09. The molecule has 0 fully saturated rings. The van der Waals surface area contributed by atoms with E-state index in [1.165, 1.54) is 0 Å². The third-order valence-electron chi connectivity index (χ3n) is 3.58. The van der Waals surface area contributed by atoms with Crippen LogP contribution in [-0.4, -0.2) is 29.0 Å². The zero-order chi connectivity index (χ0) is 18.0. The number of pyridine rings is 2. The number of benzene rings is 1. The number of hydrogen-bond acceptors (Lipinski definition) is 5. The first-order chi connectivity index (χ1) is 12.8. The van der Waals surface area contributed by atoms with E-state index in [0.29, 0.717) is 31.2 Å². The van der Waals surface area contributed by atoms with Gasteiger partial charge in [-0.2, -0.15) is 0 Å². The Labute approximate surface area is 152 Å². The first-order valence-electron chi connectivity index (χ1n) is 8.37. The second-order valence-corrected chi connectivity index (χ2v) is 5.54. The Hall–Kier alpha value is -3.41. The van der Waals surface area contributed by atoms with Crippen molar-refractivity contribution in [2.24, 2.45) is 0 Å². The van der Waals surface area contributed by atoms with Gasteiger partial charge in [0.25, 0.3) is 5.91 Å². The summed E-state index contributed by atoms with van der Waals surface area (Å²) in [5.41, 5.74) is 1.41. The number of amides is 1. The maximum absolute atomic E-state index is 12.2. The fourth-order valence-corrected chi connectivity index (χ4v) is 2.30. The topological polar surface area (TPSA) is 76.1 Å². The van der Waals surface area contributed by atoms with Gasteiger partial charge in [0, 0.05) is 18.9 Å². The number of para-hydroxylation sites is 1. The van der Waals surface area contributed by atoms with Crippen LogP contribution in [0.15, 0.2) is 73.1 Å². The number of aromatic nitrogens is 2. The molecule has 2 N–H and O–H groups in total. The molecule has 0 saturated heterocycles. The predicted molar refractivity (Wildman–Crippen MR) is 100 cm³/mol. The monoisotopic (exact) mass is 348 g/mol. The van der Waals surface area contributed by atoms with Gasteiger partial charge >= 0.3 is 0 Å². The average molecular weight is 348 g/mol. The van der Waals surface area contributed by atoms with Crippen molar-refractivity contribution in [2.75, 3.05) is 18.5 Å². The van der Waals surface area contributed by atoms with E-state index < -0.39 is 0 Å². The molecule has 1 amide bonds. The number of anilines is 1. The van der Waals surface area contributed by atoms with Crippen LogP contribution in [0.25, 0.3) is 0 Å². The van der Waals surface area contributed by atoms with Crippen LogP contribution in [0.5, 0.6) is 5.75 Å². The van der Waals surface area contributed by atoms with Gasteiger partial charge in [-0.05, 0) is 35.9 Å². The maximum Gasteiger partial charge on any atom is 0.270 e. The van der Waals surface area contributed by atoms with Gasteiger partial charge in [0.2, 0.25) is 0 Å². The van der Waals surface area contributed by atoms with Crippen LogP contribution in [0, 0.1) is 0 Å². The summed E-state index contributed by atoms with van der Waals surface area (Å²) < 4.78 is 5.55. The van der Waals surface area contributed by atoms with Crippen LogP contribution in [0.4, 0.5) is 5.82 Å². The molecule has 6 heteroatoms. The van der Waals surface area contributed by atoms with Crippen LogP contribution in [-0.2, 0) is 6.54 Å². The minimum atomic E-state index is -0.230. The number of hydrogen-bond donors (Lipinski definition) is 2. The molecule has 2 heterocycles.